The Morgan fingerprint density at radius 1 is 0.844 bits per heavy atom. The van der Waals surface area contributed by atoms with Crippen molar-refractivity contribution in [2.45, 2.75) is 17.2 Å². The lowest BCUT2D eigenvalue weighted by atomic mass is 10.1. The number of benzene rings is 3. The number of nitrogens with two attached hydrogens (primary N) is 1. The van der Waals surface area contributed by atoms with Gasteiger partial charge in [0.15, 0.2) is 0 Å². The number of anilines is 1. The molecule has 4 N–H and O–H groups in total. The minimum atomic E-state index is -3.74. The van der Waals surface area contributed by atoms with Crippen LogP contribution >= 0.6 is 11.8 Å². The van der Waals surface area contributed by atoms with E-state index in [-0.39, 0.29) is 23.3 Å². The lowest BCUT2D eigenvalue weighted by molar-refractivity contribution is -0.113. The highest BCUT2D eigenvalue weighted by Gasteiger charge is 2.09. The van der Waals surface area contributed by atoms with Crippen LogP contribution in [0.4, 0.5) is 5.69 Å². The van der Waals surface area contributed by atoms with E-state index in [0.717, 1.165) is 16.8 Å². The molecule has 0 spiro atoms. The number of carbonyl (C=O) groups excluding carboxylic acids is 2. The second kappa shape index (κ2) is 10.9. The fraction of sp³-hybridized carbons (Fsp3) is 0.130. The van der Waals surface area contributed by atoms with Crippen LogP contribution in [0.1, 0.15) is 21.5 Å². The zero-order valence-electron chi connectivity index (χ0n) is 17.2. The summed E-state index contributed by atoms with van der Waals surface area (Å²) >= 11 is 1.49. The molecule has 2 amide bonds. The van der Waals surface area contributed by atoms with Gasteiger partial charge in [0.05, 0.1) is 10.6 Å². The fourth-order valence-electron chi connectivity index (χ4n) is 2.81. The number of hydrogen-bond donors (Lipinski definition) is 3. The third-order valence-electron chi connectivity index (χ3n) is 4.48. The van der Waals surface area contributed by atoms with Crippen LogP contribution in [-0.2, 0) is 27.1 Å². The van der Waals surface area contributed by atoms with Gasteiger partial charge in [-0.2, -0.15) is 0 Å². The zero-order valence-corrected chi connectivity index (χ0v) is 18.8. The molecule has 0 saturated heterocycles. The molecule has 0 aliphatic rings. The number of para-hydroxylation sites is 1. The SMILES string of the molecule is NS(=O)(=O)c1ccc(CNC(=O)c2ccc(CSCC(=O)Nc3ccccc3)cc2)cc1. The zero-order chi connectivity index (χ0) is 23.0. The van der Waals surface area contributed by atoms with Crippen LogP contribution in [0.5, 0.6) is 0 Å². The number of sulfonamides is 1. The van der Waals surface area contributed by atoms with E-state index in [0.29, 0.717) is 17.1 Å². The Bertz CT molecular complexity index is 1160. The van der Waals surface area contributed by atoms with E-state index in [1.807, 2.05) is 42.5 Å². The molecule has 0 bridgehead atoms. The molecule has 0 unspecified atom stereocenters. The minimum absolute atomic E-state index is 0.0265. The van der Waals surface area contributed by atoms with Crippen molar-refractivity contribution in [1.29, 1.82) is 0 Å². The molecule has 3 aromatic rings. The summed E-state index contributed by atoms with van der Waals surface area (Å²) in [7, 11) is -3.74. The molecular formula is C23H23N3O4S2. The van der Waals surface area contributed by atoms with Crippen LogP contribution in [0.15, 0.2) is 83.8 Å². The fourth-order valence-corrected chi connectivity index (χ4v) is 4.12. The molecule has 32 heavy (non-hydrogen) atoms. The average molecular weight is 470 g/mol. The first-order chi connectivity index (χ1) is 15.3. The van der Waals surface area contributed by atoms with Crippen molar-refractivity contribution in [2.75, 3.05) is 11.1 Å². The van der Waals surface area contributed by atoms with Crippen LogP contribution in [-0.4, -0.2) is 26.0 Å². The van der Waals surface area contributed by atoms with Crippen molar-refractivity contribution in [3.63, 3.8) is 0 Å². The van der Waals surface area contributed by atoms with Gasteiger partial charge in [-0.25, -0.2) is 13.6 Å². The number of primary sulfonamides is 1. The van der Waals surface area contributed by atoms with Gasteiger partial charge in [-0.15, -0.1) is 11.8 Å². The Kier molecular flexibility index (Phi) is 8.04. The highest BCUT2D eigenvalue weighted by molar-refractivity contribution is 7.99. The van der Waals surface area contributed by atoms with E-state index in [1.165, 1.54) is 23.9 Å². The molecule has 0 radical (unpaired) electrons. The lowest BCUT2D eigenvalue weighted by Crippen LogP contribution is -2.22. The van der Waals surface area contributed by atoms with Gasteiger partial charge < -0.3 is 10.6 Å². The van der Waals surface area contributed by atoms with Gasteiger partial charge in [-0.3, -0.25) is 9.59 Å². The van der Waals surface area contributed by atoms with Gasteiger partial charge in [-0.1, -0.05) is 42.5 Å². The van der Waals surface area contributed by atoms with Gasteiger partial charge in [0.25, 0.3) is 5.91 Å². The quantitative estimate of drug-likeness (QED) is 0.445. The topological polar surface area (TPSA) is 118 Å². The first-order valence-corrected chi connectivity index (χ1v) is 12.4. The first-order valence-electron chi connectivity index (χ1n) is 9.73. The molecule has 0 atom stereocenters. The molecule has 0 aliphatic heterocycles. The maximum absolute atomic E-state index is 12.3. The highest BCUT2D eigenvalue weighted by atomic mass is 32.2. The Labute approximate surface area is 191 Å². The van der Waals surface area contributed by atoms with Crippen molar-refractivity contribution in [3.05, 3.63) is 95.6 Å². The molecule has 7 nitrogen and oxygen atoms in total. The summed E-state index contributed by atoms with van der Waals surface area (Å²) in [5.41, 5.74) is 3.06. The van der Waals surface area contributed by atoms with Crippen molar-refractivity contribution in [1.82, 2.24) is 5.32 Å². The second-order valence-corrected chi connectivity index (χ2v) is 9.52. The molecular weight excluding hydrogens is 446 g/mol. The van der Waals surface area contributed by atoms with Gasteiger partial charge in [0.1, 0.15) is 0 Å². The van der Waals surface area contributed by atoms with E-state index >= 15 is 0 Å². The Hall–Kier alpha value is -3.14. The monoisotopic (exact) mass is 469 g/mol. The molecule has 0 heterocycles. The maximum Gasteiger partial charge on any atom is 0.251 e. The van der Waals surface area contributed by atoms with E-state index < -0.39 is 10.0 Å². The van der Waals surface area contributed by atoms with Gasteiger partial charge in [0.2, 0.25) is 15.9 Å². The van der Waals surface area contributed by atoms with Crippen LogP contribution in [0.2, 0.25) is 0 Å². The smallest absolute Gasteiger partial charge is 0.251 e. The summed E-state index contributed by atoms with van der Waals surface area (Å²) < 4.78 is 22.6. The third kappa shape index (κ3) is 7.23. The summed E-state index contributed by atoms with van der Waals surface area (Å²) in [5.74, 6) is 0.693. The number of amides is 2. The second-order valence-electron chi connectivity index (χ2n) is 6.98. The maximum atomic E-state index is 12.3. The lowest BCUT2D eigenvalue weighted by Gasteiger charge is -2.08. The predicted molar refractivity (Wildman–Crippen MR) is 127 cm³/mol. The first kappa shape index (κ1) is 23.5. The van der Waals surface area contributed by atoms with E-state index in [1.54, 1.807) is 24.3 Å². The number of nitrogens with one attached hydrogen (secondary N) is 2. The van der Waals surface area contributed by atoms with E-state index in [4.69, 9.17) is 5.14 Å². The third-order valence-corrected chi connectivity index (χ3v) is 6.41. The Morgan fingerprint density at radius 3 is 2.09 bits per heavy atom. The number of thioether (sulfide) groups is 1. The normalized spacial score (nSPS) is 11.0. The molecule has 0 fully saturated rings. The summed E-state index contributed by atoms with van der Waals surface area (Å²) in [6.07, 6.45) is 0. The van der Waals surface area contributed by atoms with Crippen molar-refractivity contribution in [3.8, 4) is 0 Å². The standard InChI is InChI=1S/C23H23N3O4S2/c24-32(29,30)21-12-8-17(9-13-21)14-25-23(28)19-10-6-18(7-11-19)15-31-16-22(27)26-20-4-2-1-3-5-20/h1-13H,14-16H2,(H,25,28)(H,26,27)(H2,24,29,30). The minimum Gasteiger partial charge on any atom is -0.348 e. The molecule has 9 heteroatoms. The summed E-state index contributed by atoms with van der Waals surface area (Å²) in [6, 6.07) is 22.5. The van der Waals surface area contributed by atoms with E-state index in [9.17, 15) is 18.0 Å². The van der Waals surface area contributed by atoms with Crippen molar-refractivity contribution < 1.29 is 18.0 Å². The number of rotatable bonds is 9. The number of carbonyl (C=O) groups is 2. The largest absolute Gasteiger partial charge is 0.348 e. The van der Waals surface area contributed by atoms with Gasteiger partial charge >= 0.3 is 0 Å². The molecule has 0 saturated carbocycles. The molecule has 3 aromatic carbocycles. The summed E-state index contributed by atoms with van der Waals surface area (Å²) in [5, 5.41) is 10.7. The predicted octanol–water partition coefficient (Wildman–Crippen LogP) is 3.14. The van der Waals surface area contributed by atoms with Crippen LogP contribution in [0, 0.1) is 0 Å². The molecule has 166 valence electrons. The van der Waals surface area contributed by atoms with Gasteiger partial charge in [0, 0.05) is 23.5 Å². The van der Waals surface area contributed by atoms with Gasteiger partial charge in [-0.05, 0) is 47.5 Å². The summed E-state index contributed by atoms with van der Waals surface area (Å²) in [6.45, 7) is 0.262. The van der Waals surface area contributed by atoms with Crippen LogP contribution in [0.25, 0.3) is 0 Å². The van der Waals surface area contributed by atoms with Crippen LogP contribution < -0.4 is 15.8 Å². The number of hydrogen-bond acceptors (Lipinski definition) is 5. The summed E-state index contributed by atoms with van der Waals surface area (Å²) in [4.78, 5) is 24.4. The Balaban J connectivity index is 1.43. The Morgan fingerprint density at radius 2 is 1.47 bits per heavy atom. The van der Waals surface area contributed by atoms with Crippen LogP contribution in [0.3, 0.4) is 0 Å². The molecule has 0 aromatic heterocycles. The average Bonchev–Trinajstić information content (AvgIpc) is 2.78. The molecule has 0 aliphatic carbocycles. The van der Waals surface area contributed by atoms with Crippen molar-refractivity contribution >= 4 is 39.3 Å². The van der Waals surface area contributed by atoms with Crippen molar-refractivity contribution in [2.24, 2.45) is 5.14 Å². The highest BCUT2D eigenvalue weighted by Crippen LogP contribution is 2.15. The van der Waals surface area contributed by atoms with E-state index in [2.05, 4.69) is 10.6 Å². The molecule has 3 rings (SSSR count).